The maximum absolute atomic E-state index is 13.3. The Labute approximate surface area is 111 Å². The van der Waals surface area contributed by atoms with Crippen LogP contribution in [-0.4, -0.2) is 5.54 Å². The van der Waals surface area contributed by atoms with Crippen LogP contribution in [-0.2, 0) is 0 Å². The first-order valence-electron chi connectivity index (χ1n) is 6.00. The van der Waals surface area contributed by atoms with E-state index in [-0.39, 0.29) is 11.4 Å². The Morgan fingerprint density at radius 1 is 1.24 bits per heavy atom. The molecule has 0 atom stereocenters. The van der Waals surface area contributed by atoms with Gasteiger partial charge in [0.1, 0.15) is 5.82 Å². The van der Waals surface area contributed by atoms with E-state index in [1.165, 1.54) is 6.07 Å². The molecule has 1 rings (SSSR count). The summed E-state index contributed by atoms with van der Waals surface area (Å²) in [6, 6.07) is 3.05. The van der Waals surface area contributed by atoms with Crippen molar-refractivity contribution in [3.63, 3.8) is 0 Å². The molecule has 0 heterocycles. The molecule has 0 aliphatic heterocycles. The molecule has 0 aliphatic carbocycles. The summed E-state index contributed by atoms with van der Waals surface area (Å²) in [6.07, 6.45) is 3.03. The Morgan fingerprint density at radius 2 is 1.76 bits per heavy atom. The fourth-order valence-corrected chi connectivity index (χ4v) is 2.31. The van der Waals surface area contributed by atoms with Gasteiger partial charge in [-0.2, -0.15) is 0 Å². The summed E-state index contributed by atoms with van der Waals surface area (Å²) in [5, 5.41) is 3.46. The molecule has 0 amide bonds. The van der Waals surface area contributed by atoms with Crippen LogP contribution in [0.3, 0.4) is 0 Å². The number of nitrogens with two attached hydrogens (primary N) is 1. The van der Waals surface area contributed by atoms with Gasteiger partial charge in [0.2, 0.25) is 0 Å². The van der Waals surface area contributed by atoms with Gasteiger partial charge in [-0.1, -0.05) is 20.8 Å². The van der Waals surface area contributed by atoms with Gasteiger partial charge in [-0.3, -0.25) is 0 Å². The maximum Gasteiger partial charge on any atom is 0.139 e. The smallest absolute Gasteiger partial charge is 0.139 e. The minimum atomic E-state index is -0.330. The number of benzene rings is 1. The number of hydrogen-bond acceptors (Lipinski definition) is 2. The van der Waals surface area contributed by atoms with Gasteiger partial charge in [0.25, 0.3) is 0 Å². The summed E-state index contributed by atoms with van der Waals surface area (Å²) in [7, 11) is 0. The molecule has 96 valence electrons. The maximum atomic E-state index is 13.3. The summed E-state index contributed by atoms with van der Waals surface area (Å²) >= 11 is 3.18. The summed E-state index contributed by atoms with van der Waals surface area (Å²) in [4.78, 5) is 0. The molecule has 0 saturated heterocycles. The van der Waals surface area contributed by atoms with Crippen LogP contribution in [0.4, 0.5) is 15.8 Å². The van der Waals surface area contributed by atoms with E-state index < -0.39 is 0 Å². The molecular weight excluding hydrogens is 283 g/mol. The third kappa shape index (κ3) is 3.12. The number of hydrogen-bond donors (Lipinski definition) is 2. The summed E-state index contributed by atoms with van der Waals surface area (Å²) in [5.41, 5.74) is 7.12. The van der Waals surface area contributed by atoms with E-state index in [2.05, 4.69) is 42.0 Å². The Morgan fingerprint density at radius 3 is 2.24 bits per heavy atom. The second-order valence-corrected chi connectivity index (χ2v) is 5.17. The number of halogens is 2. The van der Waals surface area contributed by atoms with E-state index in [0.29, 0.717) is 10.2 Å². The predicted molar refractivity (Wildman–Crippen MR) is 75.7 cm³/mol. The number of nitrogen functional groups attached to an aromatic ring is 1. The molecule has 0 spiro atoms. The lowest BCUT2D eigenvalue weighted by Crippen LogP contribution is -2.36. The molecule has 0 radical (unpaired) electrons. The van der Waals surface area contributed by atoms with Gasteiger partial charge >= 0.3 is 0 Å². The van der Waals surface area contributed by atoms with Gasteiger partial charge in [0.15, 0.2) is 0 Å². The van der Waals surface area contributed by atoms with Gasteiger partial charge < -0.3 is 11.1 Å². The third-order valence-corrected chi connectivity index (χ3v) is 4.13. The van der Waals surface area contributed by atoms with Gasteiger partial charge in [0.05, 0.1) is 15.8 Å². The number of anilines is 2. The van der Waals surface area contributed by atoms with Crippen molar-refractivity contribution < 1.29 is 4.39 Å². The fraction of sp³-hybridized carbons (Fsp3) is 0.538. The second kappa shape index (κ2) is 5.71. The highest BCUT2D eigenvalue weighted by Crippen LogP contribution is 2.32. The topological polar surface area (TPSA) is 38.0 Å². The van der Waals surface area contributed by atoms with Gasteiger partial charge in [0, 0.05) is 11.6 Å². The minimum absolute atomic E-state index is 0.0331. The highest BCUT2D eigenvalue weighted by Gasteiger charge is 2.24. The van der Waals surface area contributed by atoms with Crippen LogP contribution < -0.4 is 11.1 Å². The van der Waals surface area contributed by atoms with Crippen LogP contribution in [0, 0.1) is 5.82 Å². The van der Waals surface area contributed by atoms with E-state index in [0.717, 1.165) is 24.9 Å². The van der Waals surface area contributed by atoms with Crippen molar-refractivity contribution in [3.8, 4) is 0 Å². The van der Waals surface area contributed by atoms with Crippen molar-refractivity contribution in [2.75, 3.05) is 11.1 Å². The van der Waals surface area contributed by atoms with Crippen LogP contribution in [0.25, 0.3) is 0 Å². The summed E-state index contributed by atoms with van der Waals surface area (Å²) in [6.45, 7) is 6.44. The number of rotatable bonds is 5. The van der Waals surface area contributed by atoms with Crippen molar-refractivity contribution in [2.45, 2.75) is 45.6 Å². The SMILES string of the molecule is CCC(CC)(CC)Nc1cc(Br)c(F)cc1N. The Kier molecular flexibility index (Phi) is 4.80. The van der Waals surface area contributed by atoms with Crippen molar-refractivity contribution in [1.82, 2.24) is 0 Å². The zero-order valence-corrected chi connectivity index (χ0v) is 12.2. The molecule has 3 N–H and O–H groups in total. The van der Waals surface area contributed by atoms with Crippen molar-refractivity contribution >= 4 is 27.3 Å². The molecule has 4 heteroatoms. The Hall–Kier alpha value is -0.770. The van der Waals surface area contributed by atoms with E-state index in [1.54, 1.807) is 6.07 Å². The van der Waals surface area contributed by atoms with Gasteiger partial charge in [-0.15, -0.1) is 0 Å². The van der Waals surface area contributed by atoms with E-state index in [1.807, 2.05) is 0 Å². The van der Waals surface area contributed by atoms with Crippen LogP contribution in [0.15, 0.2) is 16.6 Å². The minimum Gasteiger partial charge on any atom is -0.397 e. The lowest BCUT2D eigenvalue weighted by atomic mass is 9.89. The van der Waals surface area contributed by atoms with Crippen LogP contribution >= 0.6 is 15.9 Å². The molecule has 0 bridgehead atoms. The zero-order valence-electron chi connectivity index (χ0n) is 10.6. The second-order valence-electron chi connectivity index (χ2n) is 4.32. The third-order valence-electron chi connectivity index (χ3n) is 3.52. The van der Waals surface area contributed by atoms with Crippen molar-refractivity contribution in [2.24, 2.45) is 0 Å². The molecule has 0 saturated carbocycles. The fourth-order valence-electron chi connectivity index (χ4n) is 1.97. The van der Waals surface area contributed by atoms with E-state index in [9.17, 15) is 4.39 Å². The lowest BCUT2D eigenvalue weighted by molar-refractivity contribution is 0.420. The normalized spacial score (nSPS) is 11.6. The first-order chi connectivity index (χ1) is 7.98. The van der Waals surface area contributed by atoms with Crippen LogP contribution in [0.5, 0.6) is 0 Å². The standard InChI is InChI=1S/C13H20BrFN2/c1-4-13(5-2,6-3)17-12-7-9(14)10(15)8-11(12)16/h7-8,17H,4-6,16H2,1-3H3. The van der Waals surface area contributed by atoms with Crippen LogP contribution in [0.2, 0.25) is 0 Å². The van der Waals surface area contributed by atoms with Crippen molar-refractivity contribution in [1.29, 1.82) is 0 Å². The van der Waals surface area contributed by atoms with E-state index in [4.69, 9.17) is 5.73 Å². The average molecular weight is 303 g/mol. The molecule has 0 aliphatic rings. The van der Waals surface area contributed by atoms with Gasteiger partial charge in [-0.05, 0) is 41.3 Å². The van der Waals surface area contributed by atoms with Crippen molar-refractivity contribution in [3.05, 3.63) is 22.4 Å². The highest BCUT2D eigenvalue weighted by molar-refractivity contribution is 9.10. The molecule has 2 nitrogen and oxygen atoms in total. The first kappa shape index (κ1) is 14.3. The molecule has 1 aromatic carbocycles. The van der Waals surface area contributed by atoms with Crippen LogP contribution in [0.1, 0.15) is 40.0 Å². The lowest BCUT2D eigenvalue weighted by Gasteiger charge is -2.33. The molecule has 0 unspecified atom stereocenters. The summed E-state index contributed by atoms with van der Waals surface area (Å²) in [5.74, 6) is -0.330. The van der Waals surface area contributed by atoms with Gasteiger partial charge in [-0.25, -0.2) is 4.39 Å². The number of nitrogens with one attached hydrogen (secondary N) is 1. The average Bonchev–Trinajstić information content (AvgIpc) is 2.33. The molecule has 17 heavy (non-hydrogen) atoms. The predicted octanol–water partition coefficient (Wildman–Crippen LogP) is 4.55. The molecule has 0 aromatic heterocycles. The molecule has 1 aromatic rings. The molecular formula is C13H20BrFN2. The first-order valence-corrected chi connectivity index (χ1v) is 6.80. The largest absolute Gasteiger partial charge is 0.397 e. The quantitative estimate of drug-likeness (QED) is 0.783. The van der Waals surface area contributed by atoms with E-state index >= 15 is 0 Å². The molecule has 0 fully saturated rings. The summed E-state index contributed by atoms with van der Waals surface area (Å²) < 4.78 is 13.7. The zero-order chi connectivity index (χ0) is 13.1. The monoisotopic (exact) mass is 302 g/mol. The Balaban J connectivity index is 3.05. The highest BCUT2D eigenvalue weighted by atomic mass is 79.9. The Bertz CT molecular complexity index is 381.